The van der Waals surface area contributed by atoms with Crippen molar-refractivity contribution >= 4 is 17.4 Å². The van der Waals surface area contributed by atoms with Crippen LogP contribution in [0.1, 0.15) is 17.0 Å². The second kappa shape index (κ2) is 7.70. The molecule has 6 nitrogen and oxygen atoms in total. The molecule has 0 radical (unpaired) electrons. The van der Waals surface area contributed by atoms with E-state index in [1.165, 1.54) is 0 Å². The summed E-state index contributed by atoms with van der Waals surface area (Å²) in [6.07, 6.45) is 2.43. The summed E-state index contributed by atoms with van der Waals surface area (Å²) in [6, 6.07) is 23.3. The van der Waals surface area contributed by atoms with Gasteiger partial charge in [0.05, 0.1) is 11.9 Å². The van der Waals surface area contributed by atoms with Gasteiger partial charge in [0.2, 0.25) is 0 Å². The van der Waals surface area contributed by atoms with Gasteiger partial charge in [-0.15, -0.1) is 0 Å². The fraction of sp³-hybridized carbons (Fsp3) is 0.0952. The van der Waals surface area contributed by atoms with Gasteiger partial charge in [-0.05, 0) is 23.3 Å². The molecule has 0 fully saturated rings. The second-order valence-corrected chi connectivity index (χ2v) is 6.20. The maximum atomic E-state index is 12.1. The van der Waals surface area contributed by atoms with Gasteiger partial charge < -0.3 is 10.6 Å². The van der Waals surface area contributed by atoms with Gasteiger partial charge in [-0.25, -0.2) is 14.3 Å². The van der Waals surface area contributed by atoms with Crippen molar-refractivity contribution in [3.63, 3.8) is 0 Å². The highest BCUT2D eigenvalue weighted by atomic mass is 16.2. The quantitative estimate of drug-likeness (QED) is 0.573. The number of rotatable bonds is 5. The third-order valence-corrected chi connectivity index (χ3v) is 4.13. The Labute approximate surface area is 156 Å². The molecule has 4 aromatic rings. The molecule has 0 saturated carbocycles. The number of aromatic nitrogens is 3. The predicted molar refractivity (Wildman–Crippen MR) is 105 cm³/mol. The summed E-state index contributed by atoms with van der Waals surface area (Å²) < 4.78 is 1.69. The van der Waals surface area contributed by atoms with Gasteiger partial charge in [0.1, 0.15) is 0 Å². The summed E-state index contributed by atoms with van der Waals surface area (Å²) in [5, 5.41) is 10.2. The van der Waals surface area contributed by atoms with E-state index in [0.29, 0.717) is 18.7 Å². The van der Waals surface area contributed by atoms with E-state index in [0.717, 1.165) is 22.6 Å². The number of nitrogens with zero attached hydrogens (tertiary/aromatic N) is 3. The summed E-state index contributed by atoms with van der Waals surface area (Å²) in [6.45, 7) is 0.472. The summed E-state index contributed by atoms with van der Waals surface area (Å²) in [5.41, 5.74) is 3.61. The summed E-state index contributed by atoms with van der Waals surface area (Å²) in [7, 11) is 0. The SMILES string of the molecule is O=C(NCc1ccccc1)Nc1ccc2nc(Cc3ccccc3)nn2c1. The highest BCUT2D eigenvalue weighted by Crippen LogP contribution is 2.12. The van der Waals surface area contributed by atoms with Crippen LogP contribution in [-0.2, 0) is 13.0 Å². The molecule has 0 spiro atoms. The van der Waals surface area contributed by atoms with E-state index in [2.05, 4.69) is 32.8 Å². The molecule has 0 saturated heterocycles. The number of amides is 2. The number of pyridine rings is 1. The van der Waals surface area contributed by atoms with E-state index in [1.54, 1.807) is 10.7 Å². The topological polar surface area (TPSA) is 71.3 Å². The Morgan fingerprint density at radius 2 is 1.59 bits per heavy atom. The van der Waals surface area contributed by atoms with Gasteiger partial charge >= 0.3 is 6.03 Å². The molecule has 2 aromatic heterocycles. The molecule has 0 atom stereocenters. The van der Waals surface area contributed by atoms with Crippen molar-refractivity contribution in [2.45, 2.75) is 13.0 Å². The lowest BCUT2D eigenvalue weighted by molar-refractivity contribution is 0.251. The zero-order valence-electron chi connectivity index (χ0n) is 14.7. The van der Waals surface area contributed by atoms with Crippen molar-refractivity contribution in [2.75, 3.05) is 5.32 Å². The molecule has 0 bridgehead atoms. The lowest BCUT2D eigenvalue weighted by Crippen LogP contribution is -2.28. The minimum Gasteiger partial charge on any atom is -0.334 e. The number of nitrogens with one attached hydrogen (secondary N) is 2. The van der Waals surface area contributed by atoms with Crippen molar-refractivity contribution in [1.29, 1.82) is 0 Å². The molecule has 2 N–H and O–H groups in total. The molecule has 0 unspecified atom stereocenters. The van der Waals surface area contributed by atoms with Crippen molar-refractivity contribution in [3.05, 3.63) is 95.9 Å². The number of hydrogen-bond acceptors (Lipinski definition) is 3. The highest BCUT2D eigenvalue weighted by molar-refractivity contribution is 5.89. The van der Waals surface area contributed by atoms with Crippen LogP contribution in [0.15, 0.2) is 79.0 Å². The van der Waals surface area contributed by atoms with Crippen LogP contribution >= 0.6 is 0 Å². The molecule has 0 aliphatic carbocycles. The molecule has 134 valence electrons. The first-order chi connectivity index (χ1) is 13.3. The molecule has 6 heteroatoms. The molecule has 2 aromatic carbocycles. The number of urea groups is 1. The average Bonchev–Trinajstić information content (AvgIpc) is 3.09. The summed E-state index contributed by atoms with van der Waals surface area (Å²) in [5.74, 6) is 0.742. The monoisotopic (exact) mass is 357 g/mol. The van der Waals surface area contributed by atoms with E-state index in [1.807, 2.05) is 60.7 Å². The van der Waals surface area contributed by atoms with E-state index in [-0.39, 0.29) is 6.03 Å². The molecule has 2 heterocycles. The van der Waals surface area contributed by atoms with E-state index >= 15 is 0 Å². The van der Waals surface area contributed by atoms with Gasteiger partial charge in [0, 0.05) is 13.0 Å². The maximum absolute atomic E-state index is 12.1. The number of fused-ring (bicyclic) bond motifs is 1. The first-order valence-electron chi connectivity index (χ1n) is 8.74. The average molecular weight is 357 g/mol. The number of benzene rings is 2. The molecular weight excluding hydrogens is 338 g/mol. The Morgan fingerprint density at radius 3 is 2.33 bits per heavy atom. The molecular formula is C21H19N5O. The van der Waals surface area contributed by atoms with Crippen molar-refractivity contribution in [2.24, 2.45) is 0 Å². The molecule has 2 amide bonds. The maximum Gasteiger partial charge on any atom is 0.319 e. The zero-order valence-corrected chi connectivity index (χ0v) is 14.7. The number of carbonyl (C=O) groups is 1. The minimum atomic E-state index is -0.261. The third kappa shape index (κ3) is 4.30. The molecule has 4 rings (SSSR count). The van der Waals surface area contributed by atoms with Gasteiger partial charge in [-0.3, -0.25) is 0 Å². The fourth-order valence-electron chi connectivity index (χ4n) is 2.81. The summed E-state index contributed by atoms with van der Waals surface area (Å²) >= 11 is 0. The van der Waals surface area contributed by atoms with Crippen LogP contribution in [0.25, 0.3) is 5.65 Å². The van der Waals surface area contributed by atoms with Gasteiger partial charge in [0.25, 0.3) is 0 Å². The van der Waals surface area contributed by atoms with Gasteiger partial charge in [-0.1, -0.05) is 60.7 Å². The van der Waals surface area contributed by atoms with Crippen LogP contribution in [-0.4, -0.2) is 20.6 Å². The van der Waals surface area contributed by atoms with Crippen molar-refractivity contribution < 1.29 is 4.79 Å². The number of carbonyl (C=O) groups excluding carboxylic acids is 1. The van der Waals surface area contributed by atoms with Crippen LogP contribution in [0.4, 0.5) is 10.5 Å². The Hall–Kier alpha value is -3.67. The first kappa shape index (κ1) is 16.8. The van der Waals surface area contributed by atoms with E-state index < -0.39 is 0 Å². The molecule has 27 heavy (non-hydrogen) atoms. The van der Waals surface area contributed by atoms with Crippen molar-refractivity contribution in [1.82, 2.24) is 19.9 Å². The Morgan fingerprint density at radius 1 is 0.889 bits per heavy atom. The normalized spacial score (nSPS) is 10.7. The second-order valence-electron chi connectivity index (χ2n) is 6.20. The van der Waals surface area contributed by atoms with Gasteiger partial charge in [0.15, 0.2) is 11.5 Å². The number of anilines is 1. The molecule has 0 aliphatic heterocycles. The standard InChI is InChI=1S/C21H19N5O/c27-21(22-14-17-9-5-2-6-10-17)23-18-11-12-20-24-19(25-26(20)15-18)13-16-7-3-1-4-8-16/h1-12,15H,13-14H2,(H2,22,23,27). The first-order valence-corrected chi connectivity index (χ1v) is 8.74. The highest BCUT2D eigenvalue weighted by Gasteiger charge is 2.07. The molecule has 0 aliphatic rings. The van der Waals surface area contributed by atoms with Crippen LogP contribution in [0, 0.1) is 0 Å². The predicted octanol–water partition coefficient (Wildman–Crippen LogP) is 3.64. The lowest BCUT2D eigenvalue weighted by Gasteiger charge is -2.07. The van der Waals surface area contributed by atoms with E-state index in [9.17, 15) is 4.79 Å². The lowest BCUT2D eigenvalue weighted by atomic mass is 10.1. The summed E-state index contributed by atoms with van der Waals surface area (Å²) in [4.78, 5) is 16.6. The Bertz CT molecular complexity index is 1040. The van der Waals surface area contributed by atoms with Crippen molar-refractivity contribution in [3.8, 4) is 0 Å². The third-order valence-electron chi connectivity index (χ3n) is 4.13. The van der Waals surface area contributed by atoms with Crippen LogP contribution in [0.3, 0.4) is 0 Å². The largest absolute Gasteiger partial charge is 0.334 e. The zero-order chi connectivity index (χ0) is 18.5. The van der Waals surface area contributed by atoms with Crippen LogP contribution in [0.2, 0.25) is 0 Å². The van der Waals surface area contributed by atoms with Crippen LogP contribution < -0.4 is 10.6 Å². The smallest absolute Gasteiger partial charge is 0.319 e. The fourth-order valence-corrected chi connectivity index (χ4v) is 2.81. The van der Waals surface area contributed by atoms with E-state index in [4.69, 9.17) is 0 Å². The van der Waals surface area contributed by atoms with Crippen LogP contribution in [0.5, 0.6) is 0 Å². The number of hydrogen-bond donors (Lipinski definition) is 2. The minimum absolute atomic E-state index is 0.261. The Kier molecular flexibility index (Phi) is 4.78. The van der Waals surface area contributed by atoms with Gasteiger partial charge in [-0.2, -0.15) is 5.10 Å². The Balaban J connectivity index is 1.41.